The monoisotopic (exact) mass is 199 g/mol. The fourth-order valence-corrected chi connectivity index (χ4v) is 1.23. The quantitative estimate of drug-likeness (QED) is 0.795. The van der Waals surface area contributed by atoms with Crippen molar-refractivity contribution >= 4 is 0 Å². The average molecular weight is 199 g/mol. The molecule has 0 fully saturated rings. The Morgan fingerprint density at radius 2 is 1.71 bits per heavy atom. The summed E-state index contributed by atoms with van der Waals surface area (Å²) in [4.78, 5) is 0. The average Bonchev–Trinajstić information content (AvgIpc) is 2.18. The molecule has 0 aliphatic heterocycles. The minimum Gasteiger partial charge on any atom is -0.325 e. The van der Waals surface area contributed by atoms with E-state index < -0.39 is 12.5 Å². The van der Waals surface area contributed by atoms with E-state index in [1.165, 1.54) is 12.1 Å². The lowest BCUT2D eigenvalue weighted by molar-refractivity contribution is 0.00593. The molecule has 0 aliphatic rings. The van der Waals surface area contributed by atoms with Crippen molar-refractivity contribution in [3.05, 3.63) is 35.4 Å². The number of hydrogen-bond donors (Lipinski definition) is 1. The Morgan fingerprint density at radius 1 is 1.21 bits per heavy atom. The predicted molar refractivity (Wildman–Crippen MR) is 53.5 cm³/mol. The van der Waals surface area contributed by atoms with Crippen molar-refractivity contribution < 1.29 is 8.78 Å². The largest absolute Gasteiger partial charge is 0.325 e. The predicted octanol–water partition coefficient (Wildman–Crippen LogP) is 2.86. The second-order valence-corrected chi connectivity index (χ2v) is 3.69. The van der Waals surface area contributed by atoms with Gasteiger partial charge in [-0.2, -0.15) is 8.78 Å². The highest BCUT2D eigenvalue weighted by Crippen LogP contribution is 2.27. The van der Waals surface area contributed by atoms with Gasteiger partial charge in [0.2, 0.25) is 0 Å². The van der Waals surface area contributed by atoms with Crippen LogP contribution in [0, 0.1) is 0 Å². The highest BCUT2D eigenvalue weighted by molar-refractivity contribution is 5.27. The van der Waals surface area contributed by atoms with Crippen molar-refractivity contribution in [3.63, 3.8) is 0 Å². The van der Waals surface area contributed by atoms with Crippen LogP contribution in [0.25, 0.3) is 0 Å². The van der Waals surface area contributed by atoms with E-state index in [9.17, 15) is 8.78 Å². The molecule has 0 aliphatic carbocycles. The standard InChI is InChI=1S/C11H15F2N/c1-8(2)9-3-5-10(6-4-9)11(12,13)7-14/h3-6,8H,7,14H2,1-2H3. The summed E-state index contributed by atoms with van der Waals surface area (Å²) in [6, 6.07) is 6.34. The lowest BCUT2D eigenvalue weighted by Gasteiger charge is -2.15. The highest BCUT2D eigenvalue weighted by atomic mass is 19.3. The van der Waals surface area contributed by atoms with E-state index in [0.717, 1.165) is 5.56 Å². The van der Waals surface area contributed by atoms with Gasteiger partial charge in [-0.15, -0.1) is 0 Å². The molecule has 0 bridgehead atoms. The molecule has 3 heteroatoms. The van der Waals surface area contributed by atoms with Crippen molar-refractivity contribution in [1.82, 2.24) is 0 Å². The Morgan fingerprint density at radius 3 is 2.07 bits per heavy atom. The number of halogens is 2. The Kier molecular flexibility index (Phi) is 3.21. The van der Waals surface area contributed by atoms with Crippen molar-refractivity contribution in [2.24, 2.45) is 5.73 Å². The normalized spacial score (nSPS) is 12.1. The molecule has 0 aromatic heterocycles. The minimum atomic E-state index is -2.91. The third-order valence-electron chi connectivity index (χ3n) is 2.26. The molecule has 1 aromatic rings. The van der Waals surface area contributed by atoms with Crippen LogP contribution in [0.15, 0.2) is 24.3 Å². The van der Waals surface area contributed by atoms with Gasteiger partial charge >= 0.3 is 0 Å². The maximum atomic E-state index is 13.1. The van der Waals surface area contributed by atoms with E-state index in [4.69, 9.17) is 5.73 Å². The van der Waals surface area contributed by atoms with Gasteiger partial charge in [-0.05, 0) is 11.5 Å². The van der Waals surface area contributed by atoms with Crippen molar-refractivity contribution in [2.45, 2.75) is 25.7 Å². The summed E-state index contributed by atoms with van der Waals surface area (Å²) in [5, 5.41) is 0. The third-order valence-corrected chi connectivity index (χ3v) is 2.26. The molecule has 0 saturated carbocycles. The van der Waals surface area contributed by atoms with Crippen LogP contribution in [0.4, 0.5) is 8.78 Å². The molecule has 0 saturated heterocycles. The van der Waals surface area contributed by atoms with Crippen LogP contribution >= 0.6 is 0 Å². The van der Waals surface area contributed by atoms with Crippen LogP contribution in [-0.4, -0.2) is 6.54 Å². The molecule has 0 atom stereocenters. The third kappa shape index (κ3) is 2.29. The second-order valence-electron chi connectivity index (χ2n) is 3.69. The molecular weight excluding hydrogens is 184 g/mol. The molecule has 1 rings (SSSR count). The molecule has 0 spiro atoms. The Hall–Kier alpha value is -0.960. The first kappa shape index (κ1) is 11.1. The lowest BCUT2D eigenvalue weighted by Crippen LogP contribution is -2.24. The smallest absolute Gasteiger partial charge is 0.285 e. The van der Waals surface area contributed by atoms with Crippen LogP contribution in [-0.2, 0) is 5.92 Å². The van der Waals surface area contributed by atoms with Gasteiger partial charge in [0, 0.05) is 5.56 Å². The summed E-state index contributed by atoms with van der Waals surface area (Å²) in [6.45, 7) is 3.40. The van der Waals surface area contributed by atoms with Gasteiger partial charge in [0.1, 0.15) is 0 Å². The maximum absolute atomic E-state index is 13.1. The summed E-state index contributed by atoms with van der Waals surface area (Å²) < 4.78 is 26.2. The van der Waals surface area contributed by atoms with E-state index >= 15 is 0 Å². The molecule has 1 nitrogen and oxygen atoms in total. The number of nitrogens with two attached hydrogens (primary N) is 1. The second kappa shape index (κ2) is 4.05. The summed E-state index contributed by atoms with van der Waals surface area (Å²) >= 11 is 0. The van der Waals surface area contributed by atoms with Crippen LogP contribution in [0.5, 0.6) is 0 Å². The zero-order chi connectivity index (χ0) is 10.8. The van der Waals surface area contributed by atoms with Crippen LogP contribution in [0.3, 0.4) is 0 Å². The first-order valence-electron chi connectivity index (χ1n) is 4.65. The van der Waals surface area contributed by atoms with Gasteiger partial charge < -0.3 is 5.73 Å². The number of hydrogen-bond acceptors (Lipinski definition) is 1. The minimum absolute atomic E-state index is 0.00981. The SMILES string of the molecule is CC(C)c1ccc(C(F)(F)CN)cc1. The van der Waals surface area contributed by atoms with Gasteiger partial charge in [-0.3, -0.25) is 0 Å². The molecule has 0 amide bonds. The Balaban J connectivity index is 2.94. The van der Waals surface area contributed by atoms with Gasteiger partial charge in [-0.1, -0.05) is 38.1 Å². The number of rotatable bonds is 3. The Bertz CT molecular complexity index is 291. The van der Waals surface area contributed by atoms with E-state index in [0.29, 0.717) is 5.92 Å². The molecule has 2 N–H and O–H groups in total. The van der Waals surface area contributed by atoms with Gasteiger partial charge in [0.25, 0.3) is 5.92 Å². The summed E-state index contributed by atoms with van der Waals surface area (Å²) in [5.74, 6) is -2.55. The van der Waals surface area contributed by atoms with Crippen molar-refractivity contribution in [2.75, 3.05) is 6.54 Å². The van der Waals surface area contributed by atoms with Gasteiger partial charge in [-0.25, -0.2) is 0 Å². The van der Waals surface area contributed by atoms with Crippen LogP contribution in [0.2, 0.25) is 0 Å². The molecule has 0 heterocycles. The first-order valence-corrected chi connectivity index (χ1v) is 4.65. The van der Waals surface area contributed by atoms with E-state index in [1.54, 1.807) is 12.1 Å². The van der Waals surface area contributed by atoms with E-state index in [-0.39, 0.29) is 5.56 Å². The molecule has 14 heavy (non-hydrogen) atoms. The van der Waals surface area contributed by atoms with Gasteiger partial charge in [0.15, 0.2) is 0 Å². The zero-order valence-corrected chi connectivity index (χ0v) is 8.43. The molecular formula is C11H15F2N. The summed E-state index contributed by atoms with van der Waals surface area (Å²) in [6.07, 6.45) is 0. The molecule has 0 unspecified atom stereocenters. The van der Waals surface area contributed by atoms with Crippen molar-refractivity contribution in [3.8, 4) is 0 Å². The van der Waals surface area contributed by atoms with Crippen molar-refractivity contribution in [1.29, 1.82) is 0 Å². The van der Waals surface area contributed by atoms with Crippen LogP contribution < -0.4 is 5.73 Å². The molecule has 78 valence electrons. The first-order chi connectivity index (χ1) is 6.47. The fourth-order valence-electron chi connectivity index (χ4n) is 1.23. The number of benzene rings is 1. The topological polar surface area (TPSA) is 26.0 Å². The lowest BCUT2D eigenvalue weighted by atomic mass is 10.00. The highest BCUT2D eigenvalue weighted by Gasteiger charge is 2.29. The molecule has 1 aromatic carbocycles. The van der Waals surface area contributed by atoms with E-state index in [2.05, 4.69) is 0 Å². The van der Waals surface area contributed by atoms with Gasteiger partial charge in [0.05, 0.1) is 6.54 Å². The summed E-state index contributed by atoms with van der Waals surface area (Å²) in [5.41, 5.74) is 6.03. The zero-order valence-electron chi connectivity index (χ0n) is 8.43. The van der Waals surface area contributed by atoms with E-state index in [1.807, 2.05) is 13.8 Å². The Labute approximate surface area is 82.9 Å². The summed E-state index contributed by atoms with van der Waals surface area (Å²) in [7, 11) is 0. The van der Waals surface area contributed by atoms with Crippen LogP contribution in [0.1, 0.15) is 30.9 Å². The number of alkyl halides is 2. The fraction of sp³-hybridized carbons (Fsp3) is 0.455. The maximum Gasteiger partial charge on any atom is 0.285 e. The molecule has 0 radical (unpaired) electrons.